The van der Waals surface area contributed by atoms with Gasteiger partial charge in [0.05, 0.1) is 0 Å². The second-order valence-electron chi connectivity index (χ2n) is 4.71. The Morgan fingerprint density at radius 2 is 2.00 bits per heavy atom. The van der Waals surface area contributed by atoms with Crippen molar-refractivity contribution in [3.8, 4) is 0 Å². The molecule has 1 saturated heterocycles. The summed E-state index contributed by atoms with van der Waals surface area (Å²) in [4.78, 5) is 14.8. The first-order valence-electron chi connectivity index (χ1n) is 5.53. The van der Waals surface area contributed by atoms with Crippen LogP contribution in [0.15, 0.2) is 0 Å². The average molecular weight is 198 g/mol. The quantitative estimate of drug-likeness (QED) is 0.634. The molecule has 3 heteroatoms. The van der Waals surface area contributed by atoms with Gasteiger partial charge < -0.3 is 9.80 Å². The van der Waals surface area contributed by atoms with Crippen molar-refractivity contribution < 1.29 is 4.79 Å². The van der Waals surface area contributed by atoms with E-state index in [0.717, 1.165) is 44.8 Å². The van der Waals surface area contributed by atoms with Crippen molar-refractivity contribution in [1.82, 2.24) is 9.80 Å². The summed E-state index contributed by atoms with van der Waals surface area (Å²) < 4.78 is 0. The molecule has 1 heterocycles. The number of amides is 1. The zero-order chi connectivity index (χ0) is 10.6. The van der Waals surface area contributed by atoms with Gasteiger partial charge in [0, 0.05) is 25.7 Å². The van der Waals surface area contributed by atoms with Crippen LogP contribution in [0, 0.1) is 5.92 Å². The predicted molar refractivity (Wildman–Crippen MR) is 58.1 cm³/mol. The van der Waals surface area contributed by atoms with E-state index in [2.05, 4.69) is 25.8 Å². The number of carbonyl (C=O) groups is 1. The van der Waals surface area contributed by atoms with Crippen molar-refractivity contribution >= 4 is 6.41 Å². The van der Waals surface area contributed by atoms with E-state index >= 15 is 0 Å². The van der Waals surface area contributed by atoms with Crippen molar-refractivity contribution in [3.63, 3.8) is 0 Å². The number of carbonyl (C=O) groups excluding carboxylic acids is 1. The summed E-state index contributed by atoms with van der Waals surface area (Å²) in [6.45, 7) is 7.51. The van der Waals surface area contributed by atoms with Gasteiger partial charge in [0.2, 0.25) is 6.41 Å². The van der Waals surface area contributed by atoms with Crippen LogP contribution in [0.5, 0.6) is 0 Å². The van der Waals surface area contributed by atoms with E-state index in [1.54, 1.807) is 0 Å². The molecule has 0 spiro atoms. The van der Waals surface area contributed by atoms with Crippen LogP contribution >= 0.6 is 0 Å². The summed E-state index contributed by atoms with van der Waals surface area (Å²) in [6, 6.07) is 0.675. The molecule has 0 unspecified atom stereocenters. The summed E-state index contributed by atoms with van der Waals surface area (Å²) in [5.41, 5.74) is 0. The molecule has 1 aliphatic rings. The van der Waals surface area contributed by atoms with Gasteiger partial charge in [0.25, 0.3) is 0 Å². The first kappa shape index (κ1) is 11.5. The molecule has 0 aliphatic carbocycles. The van der Waals surface area contributed by atoms with Gasteiger partial charge >= 0.3 is 0 Å². The van der Waals surface area contributed by atoms with Crippen LogP contribution in [-0.2, 0) is 4.79 Å². The number of piperidine rings is 1. The maximum absolute atomic E-state index is 10.5. The van der Waals surface area contributed by atoms with Gasteiger partial charge in [-0.3, -0.25) is 4.79 Å². The lowest BCUT2D eigenvalue weighted by molar-refractivity contribution is -0.119. The van der Waals surface area contributed by atoms with Crippen LogP contribution in [0.1, 0.15) is 26.7 Å². The fraction of sp³-hybridized carbons (Fsp3) is 0.909. The predicted octanol–water partition coefficient (Wildman–Crippen LogP) is 1.19. The van der Waals surface area contributed by atoms with Gasteiger partial charge in [-0.25, -0.2) is 0 Å². The third-order valence-electron chi connectivity index (χ3n) is 2.92. The maximum atomic E-state index is 10.5. The van der Waals surface area contributed by atoms with Gasteiger partial charge in [0.1, 0.15) is 0 Å². The monoisotopic (exact) mass is 198 g/mol. The molecule has 82 valence electrons. The second-order valence-corrected chi connectivity index (χ2v) is 4.71. The van der Waals surface area contributed by atoms with E-state index in [9.17, 15) is 4.79 Å². The molecule has 0 atom stereocenters. The first-order valence-corrected chi connectivity index (χ1v) is 5.53. The number of nitrogens with zero attached hydrogens (tertiary/aromatic N) is 2. The Bertz CT molecular complexity index is 174. The number of hydrogen-bond acceptors (Lipinski definition) is 2. The van der Waals surface area contributed by atoms with Crippen LogP contribution in [0.25, 0.3) is 0 Å². The summed E-state index contributed by atoms with van der Waals surface area (Å²) in [7, 11) is 2.20. The topological polar surface area (TPSA) is 23.6 Å². The van der Waals surface area contributed by atoms with Gasteiger partial charge in [-0.15, -0.1) is 0 Å². The van der Waals surface area contributed by atoms with Gasteiger partial charge in [-0.05, 0) is 25.8 Å². The highest BCUT2D eigenvalue weighted by atomic mass is 16.1. The second kappa shape index (κ2) is 5.35. The minimum Gasteiger partial charge on any atom is -0.345 e. The minimum atomic E-state index is 0.675. The van der Waals surface area contributed by atoms with Crippen LogP contribution in [0.4, 0.5) is 0 Å². The molecule has 1 fully saturated rings. The fourth-order valence-electron chi connectivity index (χ4n) is 2.16. The van der Waals surface area contributed by atoms with Crippen molar-refractivity contribution in [2.45, 2.75) is 32.7 Å². The van der Waals surface area contributed by atoms with E-state index in [1.165, 1.54) is 0 Å². The average Bonchev–Trinajstić information content (AvgIpc) is 2.17. The van der Waals surface area contributed by atoms with Crippen molar-refractivity contribution in [2.75, 3.05) is 26.7 Å². The molecule has 0 saturated carbocycles. The van der Waals surface area contributed by atoms with E-state index in [-0.39, 0.29) is 0 Å². The highest BCUT2D eigenvalue weighted by Crippen LogP contribution is 2.15. The maximum Gasteiger partial charge on any atom is 0.209 e. The summed E-state index contributed by atoms with van der Waals surface area (Å²) in [5, 5.41) is 0. The van der Waals surface area contributed by atoms with E-state index in [4.69, 9.17) is 0 Å². The Morgan fingerprint density at radius 3 is 2.43 bits per heavy atom. The normalized spacial score (nSPS) is 19.4. The molecule has 3 nitrogen and oxygen atoms in total. The summed E-state index contributed by atoms with van der Waals surface area (Å²) in [6.07, 6.45) is 3.22. The largest absolute Gasteiger partial charge is 0.345 e. The zero-order valence-corrected chi connectivity index (χ0v) is 9.57. The molecule has 0 aromatic rings. The standard InChI is InChI=1S/C11H22N2O/c1-10(2)8-12(3)11-4-6-13(9-14)7-5-11/h9-11H,4-8H2,1-3H3. The van der Waals surface area contributed by atoms with Crippen molar-refractivity contribution in [3.05, 3.63) is 0 Å². The Labute approximate surface area is 87.1 Å². The molecule has 0 aromatic heterocycles. The van der Waals surface area contributed by atoms with Crippen molar-refractivity contribution in [1.29, 1.82) is 0 Å². The Hall–Kier alpha value is -0.570. The summed E-state index contributed by atoms with van der Waals surface area (Å²) >= 11 is 0. The first-order chi connectivity index (χ1) is 6.63. The van der Waals surface area contributed by atoms with Crippen LogP contribution in [-0.4, -0.2) is 48.9 Å². The molecule has 14 heavy (non-hydrogen) atoms. The number of rotatable bonds is 4. The number of likely N-dealkylation sites (tertiary alicyclic amines) is 1. The van der Waals surface area contributed by atoms with Crippen LogP contribution in [0.3, 0.4) is 0 Å². The molecular formula is C11H22N2O. The fourth-order valence-corrected chi connectivity index (χ4v) is 2.16. The lowest BCUT2D eigenvalue weighted by Crippen LogP contribution is -2.43. The minimum absolute atomic E-state index is 0.675. The lowest BCUT2D eigenvalue weighted by atomic mass is 10.0. The van der Waals surface area contributed by atoms with E-state index in [1.807, 2.05) is 4.90 Å². The molecule has 0 aromatic carbocycles. The van der Waals surface area contributed by atoms with Crippen LogP contribution < -0.4 is 0 Å². The molecule has 0 bridgehead atoms. The molecule has 1 rings (SSSR count). The van der Waals surface area contributed by atoms with Crippen molar-refractivity contribution in [2.24, 2.45) is 5.92 Å². The smallest absolute Gasteiger partial charge is 0.209 e. The molecular weight excluding hydrogens is 176 g/mol. The molecule has 1 aliphatic heterocycles. The van der Waals surface area contributed by atoms with E-state index < -0.39 is 0 Å². The van der Waals surface area contributed by atoms with E-state index in [0.29, 0.717) is 6.04 Å². The zero-order valence-electron chi connectivity index (χ0n) is 9.57. The molecule has 0 N–H and O–H groups in total. The van der Waals surface area contributed by atoms with Gasteiger partial charge in [-0.1, -0.05) is 13.8 Å². The number of hydrogen-bond donors (Lipinski definition) is 0. The Morgan fingerprint density at radius 1 is 1.43 bits per heavy atom. The lowest BCUT2D eigenvalue weighted by Gasteiger charge is -2.35. The Balaban J connectivity index is 2.30. The third kappa shape index (κ3) is 3.29. The highest BCUT2D eigenvalue weighted by molar-refractivity contribution is 5.47. The van der Waals surface area contributed by atoms with Gasteiger partial charge in [-0.2, -0.15) is 0 Å². The Kier molecular flexibility index (Phi) is 4.39. The van der Waals surface area contributed by atoms with Crippen LogP contribution in [0.2, 0.25) is 0 Å². The summed E-state index contributed by atoms with van der Waals surface area (Å²) in [5.74, 6) is 0.726. The highest BCUT2D eigenvalue weighted by Gasteiger charge is 2.21. The molecule has 1 amide bonds. The molecule has 0 radical (unpaired) electrons. The van der Waals surface area contributed by atoms with Gasteiger partial charge in [0.15, 0.2) is 0 Å². The third-order valence-corrected chi connectivity index (χ3v) is 2.92. The SMILES string of the molecule is CC(C)CN(C)C1CCN(C=O)CC1.